The Morgan fingerprint density at radius 2 is 1.73 bits per heavy atom. The second kappa shape index (κ2) is 16.3. The Bertz CT molecular complexity index is 69.7. The van der Waals surface area contributed by atoms with Gasteiger partial charge in [-0.25, -0.2) is 0 Å². The minimum atomic E-state index is 0. The Kier molecular flexibility index (Phi) is 25.0. The molecule has 0 aliphatic heterocycles. The van der Waals surface area contributed by atoms with Gasteiger partial charge in [0.15, 0.2) is 0 Å². The van der Waals surface area contributed by atoms with Crippen LogP contribution in [0.4, 0.5) is 0 Å². The Hall–Kier alpha value is -0.410. The number of aliphatic hydroxyl groups excluding tert-OH is 1. The van der Waals surface area contributed by atoms with E-state index in [1.807, 2.05) is 6.92 Å². The molecule has 70 valence electrons. The highest BCUT2D eigenvalue weighted by molar-refractivity contribution is 5.74. The Balaban J connectivity index is -0.000000107. The van der Waals surface area contributed by atoms with Gasteiger partial charge in [0.2, 0.25) is 0 Å². The molecule has 0 heterocycles. The largest absolute Gasteiger partial charge is 0.412 e. The van der Waals surface area contributed by atoms with Gasteiger partial charge in [-0.3, -0.25) is 0 Å². The lowest BCUT2D eigenvalue weighted by atomic mass is 10.4. The van der Waals surface area contributed by atoms with Crippen molar-refractivity contribution in [3.8, 4) is 0 Å². The van der Waals surface area contributed by atoms with E-state index in [1.165, 1.54) is 0 Å². The number of Topliss-reactive ketones (excluding diaryl/α,β-unsaturated/α-hetero) is 1. The van der Waals surface area contributed by atoms with Crippen LogP contribution >= 0.6 is 0 Å². The monoisotopic (exact) mass is 164 g/mol. The first-order valence-corrected chi connectivity index (χ1v) is 3.79. The van der Waals surface area contributed by atoms with E-state index in [1.54, 1.807) is 6.92 Å². The standard InChI is InChI=1S/C4H8O.C4H10O.H2O/c1-3-4(2)5;1-2-3-4-5;/h3H2,1-2H3;5H,2-4H2,1H3;1H2. The highest BCUT2D eigenvalue weighted by Crippen LogP contribution is 1.78. The van der Waals surface area contributed by atoms with E-state index < -0.39 is 0 Å². The second-order valence-corrected chi connectivity index (χ2v) is 2.13. The van der Waals surface area contributed by atoms with Gasteiger partial charge in [0.1, 0.15) is 5.78 Å². The molecule has 0 fully saturated rings. The molecular weight excluding hydrogens is 144 g/mol. The Morgan fingerprint density at radius 3 is 1.73 bits per heavy atom. The molecule has 3 N–H and O–H groups in total. The summed E-state index contributed by atoms with van der Waals surface area (Å²) in [6.07, 6.45) is 2.70. The van der Waals surface area contributed by atoms with Crippen molar-refractivity contribution < 1.29 is 15.4 Å². The van der Waals surface area contributed by atoms with Gasteiger partial charge in [-0.05, 0) is 13.3 Å². The molecule has 0 radical (unpaired) electrons. The van der Waals surface area contributed by atoms with Gasteiger partial charge in [0.25, 0.3) is 0 Å². The third-order valence-electron chi connectivity index (χ3n) is 1.01. The molecule has 11 heavy (non-hydrogen) atoms. The van der Waals surface area contributed by atoms with Crippen LogP contribution in [0.2, 0.25) is 0 Å². The quantitative estimate of drug-likeness (QED) is 0.674. The van der Waals surface area contributed by atoms with Crippen molar-refractivity contribution in [2.45, 2.75) is 40.0 Å². The molecule has 0 saturated carbocycles. The number of aliphatic hydroxyl groups is 1. The van der Waals surface area contributed by atoms with E-state index in [9.17, 15) is 4.79 Å². The first-order chi connectivity index (χ1) is 4.68. The van der Waals surface area contributed by atoms with Crippen LogP contribution in [0.3, 0.4) is 0 Å². The van der Waals surface area contributed by atoms with E-state index in [2.05, 4.69) is 6.92 Å². The molecule has 0 unspecified atom stereocenters. The van der Waals surface area contributed by atoms with Crippen molar-refractivity contribution in [3.05, 3.63) is 0 Å². The molecule has 0 aliphatic rings. The Labute approximate surface area is 68.7 Å². The topological polar surface area (TPSA) is 68.8 Å². The molecule has 0 aliphatic carbocycles. The van der Waals surface area contributed by atoms with E-state index >= 15 is 0 Å². The van der Waals surface area contributed by atoms with Crippen LogP contribution in [0.15, 0.2) is 0 Å². The highest BCUT2D eigenvalue weighted by atomic mass is 16.2. The fraction of sp³-hybridized carbons (Fsp3) is 0.875. The maximum atomic E-state index is 9.81. The molecule has 3 nitrogen and oxygen atoms in total. The molecule has 0 amide bonds. The van der Waals surface area contributed by atoms with Gasteiger partial charge in [-0.2, -0.15) is 0 Å². The zero-order valence-corrected chi connectivity index (χ0v) is 7.68. The van der Waals surface area contributed by atoms with Crippen LogP contribution in [0.1, 0.15) is 40.0 Å². The van der Waals surface area contributed by atoms with Gasteiger partial charge >= 0.3 is 0 Å². The number of carbonyl (C=O) groups is 1. The van der Waals surface area contributed by atoms with Gasteiger partial charge in [-0.15, -0.1) is 0 Å². The van der Waals surface area contributed by atoms with Crippen LogP contribution in [0.5, 0.6) is 0 Å². The number of rotatable bonds is 3. The minimum absolute atomic E-state index is 0. The number of ketones is 1. The second-order valence-electron chi connectivity index (χ2n) is 2.13. The SMILES string of the molecule is CCC(C)=O.CCCCO.O. The highest BCUT2D eigenvalue weighted by Gasteiger charge is 1.76. The summed E-state index contributed by atoms with van der Waals surface area (Å²) < 4.78 is 0. The van der Waals surface area contributed by atoms with Gasteiger partial charge in [0, 0.05) is 13.0 Å². The number of unbranched alkanes of at least 4 members (excludes halogenated alkanes) is 1. The van der Waals surface area contributed by atoms with E-state index in [-0.39, 0.29) is 11.3 Å². The lowest BCUT2D eigenvalue weighted by Gasteiger charge is -1.79. The van der Waals surface area contributed by atoms with Gasteiger partial charge < -0.3 is 15.4 Å². The zero-order chi connectivity index (χ0) is 8.41. The van der Waals surface area contributed by atoms with E-state index in [4.69, 9.17) is 5.11 Å². The molecule has 0 aromatic heterocycles. The fourth-order valence-corrected chi connectivity index (χ4v) is 0.158. The summed E-state index contributed by atoms with van der Waals surface area (Å²) in [4.78, 5) is 9.81. The maximum absolute atomic E-state index is 9.81. The number of hydrogen-bond acceptors (Lipinski definition) is 2. The number of hydrogen-bond donors (Lipinski definition) is 1. The lowest BCUT2D eigenvalue weighted by Crippen LogP contribution is -1.80. The molecule has 0 spiro atoms. The summed E-state index contributed by atoms with van der Waals surface area (Å²) in [5, 5.41) is 8.07. The molecule has 0 bridgehead atoms. The first-order valence-electron chi connectivity index (χ1n) is 3.79. The predicted octanol–water partition coefficient (Wildman–Crippen LogP) is 0.939. The molecule has 0 aromatic rings. The summed E-state index contributed by atoms with van der Waals surface area (Å²) in [5.74, 6) is 0.255. The number of carbonyl (C=O) groups excluding carboxylic acids is 1. The van der Waals surface area contributed by atoms with Crippen molar-refractivity contribution in [2.75, 3.05) is 6.61 Å². The van der Waals surface area contributed by atoms with Crippen molar-refractivity contribution in [2.24, 2.45) is 0 Å². The lowest BCUT2D eigenvalue weighted by molar-refractivity contribution is -0.116. The average molecular weight is 164 g/mol. The molecule has 0 rings (SSSR count). The van der Waals surface area contributed by atoms with Crippen LogP contribution in [-0.4, -0.2) is 23.0 Å². The van der Waals surface area contributed by atoms with E-state index in [0.29, 0.717) is 13.0 Å². The van der Waals surface area contributed by atoms with Crippen LogP contribution in [0.25, 0.3) is 0 Å². The summed E-state index contributed by atoms with van der Waals surface area (Å²) in [7, 11) is 0. The minimum Gasteiger partial charge on any atom is -0.412 e. The van der Waals surface area contributed by atoms with E-state index in [0.717, 1.165) is 12.8 Å². The third kappa shape index (κ3) is 42.9. The average Bonchev–Trinajstić information content (AvgIpc) is 1.91. The summed E-state index contributed by atoms with van der Waals surface area (Å²) >= 11 is 0. The van der Waals surface area contributed by atoms with Crippen LogP contribution in [0, 0.1) is 0 Å². The van der Waals surface area contributed by atoms with Crippen molar-refractivity contribution in [1.82, 2.24) is 0 Å². The normalized spacial score (nSPS) is 7.27. The Morgan fingerprint density at radius 1 is 1.36 bits per heavy atom. The van der Waals surface area contributed by atoms with Crippen molar-refractivity contribution in [3.63, 3.8) is 0 Å². The smallest absolute Gasteiger partial charge is 0.129 e. The first kappa shape index (κ1) is 16.9. The van der Waals surface area contributed by atoms with Gasteiger partial charge in [-0.1, -0.05) is 20.3 Å². The van der Waals surface area contributed by atoms with Crippen molar-refractivity contribution in [1.29, 1.82) is 0 Å². The molecule has 3 heteroatoms. The zero-order valence-electron chi connectivity index (χ0n) is 7.68. The summed E-state index contributed by atoms with van der Waals surface area (Å²) in [6.45, 7) is 5.83. The van der Waals surface area contributed by atoms with Crippen LogP contribution < -0.4 is 0 Å². The maximum Gasteiger partial charge on any atom is 0.129 e. The molecular formula is C8H20O3. The van der Waals surface area contributed by atoms with Gasteiger partial charge in [0.05, 0.1) is 0 Å². The van der Waals surface area contributed by atoms with Crippen LogP contribution in [-0.2, 0) is 4.79 Å². The molecule has 0 aromatic carbocycles. The summed E-state index contributed by atoms with van der Waals surface area (Å²) in [5.41, 5.74) is 0. The molecule has 0 saturated heterocycles. The fourth-order valence-electron chi connectivity index (χ4n) is 0.158. The third-order valence-corrected chi connectivity index (χ3v) is 1.01. The molecule has 0 atom stereocenters. The summed E-state index contributed by atoms with van der Waals surface area (Å²) in [6, 6.07) is 0. The predicted molar refractivity (Wildman–Crippen MR) is 46.6 cm³/mol. The van der Waals surface area contributed by atoms with Crippen molar-refractivity contribution >= 4 is 5.78 Å².